The Morgan fingerprint density at radius 1 is 1.27 bits per heavy atom. The maximum absolute atomic E-state index is 11.1. The number of nitrogens with two attached hydrogens (primary N) is 1. The van der Waals surface area contributed by atoms with E-state index in [1.54, 1.807) is 12.3 Å². The highest BCUT2D eigenvalue weighted by atomic mass is 16.1. The Balaban J connectivity index is 0.000000254. The number of amides is 2. The summed E-state index contributed by atoms with van der Waals surface area (Å²) in [7, 11) is 0. The number of hydrogen-bond donors (Lipinski definition) is 3. The lowest BCUT2D eigenvalue weighted by Gasteiger charge is -1.96. The van der Waals surface area contributed by atoms with Crippen molar-refractivity contribution in [3.05, 3.63) is 42.2 Å². The third kappa shape index (κ3) is 3.41. The minimum Gasteiger partial charge on any atom is -0.364 e. The number of H-pyrrole nitrogens is 1. The van der Waals surface area contributed by atoms with Gasteiger partial charge in [-0.15, -0.1) is 0 Å². The van der Waals surface area contributed by atoms with Crippen LogP contribution in [-0.4, -0.2) is 28.3 Å². The number of fused-ring (bicyclic) bond motifs is 3. The first-order valence-electron chi connectivity index (χ1n) is 6.89. The van der Waals surface area contributed by atoms with E-state index in [9.17, 15) is 9.59 Å². The summed E-state index contributed by atoms with van der Waals surface area (Å²) in [4.78, 5) is 27.8. The molecule has 0 atom stereocenters. The smallest absolute Gasteiger partial charge is 0.267 e. The van der Waals surface area contributed by atoms with Crippen molar-refractivity contribution < 1.29 is 9.59 Å². The van der Waals surface area contributed by atoms with E-state index in [0.717, 1.165) is 21.8 Å². The molecule has 3 aromatic rings. The second-order valence-corrected chi connectivity index (χ2v) is 5.09. The van der Waals surface area contributed by atoms with Crippen LogP contribution in [0.4, 0.5) is 0 Å². The second kappa shape index (κ2) is 6.71. The van der Waals surface area contributed by atoms with Crippen molar-refractivity contribution in [1.29, 1.82) is 0 Å². The van der Waals surface area contributed by atoms with Gasteiger partial charge in [-0.05, 0) is 26.0 Å². The summed E-state index contributed by atoms with van der Waals surface area (Å²) < 4.78 is 0. The first-order chi connectivity index (χ1) is 10.5. The van der Waals surface area contributed by atoms with Crippen LogP contribution in [0, 0.1) is 0 Å². The molecule has 6 heteroatoms. The Morgan fingerprint density at radius 3 is 2.59 bits per heavy atom. The number of primary amides is 1. The molecule has 0 aliphatic rings. The van der Waals surface area contributed by atoms with Gasteiger partial charge in [-0.3, -0.25) is 9.59 Å². The predicted octanol–water partition coefficient (Wildman–Crippen LogP) is 1.96. The molecule has 0 saturated heterocycles. The van der Waals surface area contributed by atoms with Crippen LogP contribution in [0.15, 0.2) is 36.5 Å². The van der Waals surface area contributed by atoms with Gasteiger partial charge >= 0.3 is 0 Å². The summed E-state index contributed by atoms with van der Waals surface area (Å²) in [5.74, 6) is -0.507. The Labute approximate surface area is 127 Å². The van der Waals surface area contributed by atoms with Gasteiger partial charge in [0.25, 0.3) is 5.91 Å². The van der Waals surface area contributed by atoms with Gasteiger partial charge < -0.3 is 16.0 Å². The molecule has 1 aromatic carbocycles. The van der Waals surface area contributed by atoms with Crippen molar-refractivity contribution in [2.24, 2.45) is 5.73 Å². The summed E-state index contributed by atoms with van der Waals surface area (Å²) in [6.07, 6.45) is 2.33. The molecule has 0 saturated carbocycles. The first kappa shape index (κ1) is 15.5. The number of carbonyl (C=O) groups excluding carboxylic acids is 2. The highest BCUT2D eigenvalue weighted by Gasteiger charge is 2.07. The van der Waals surface area contributed by atoms with Gasteiger partial charge in [0.2, 0.25) is 6.41 Å². The molecular formula is C16H18N4O2. The maximum Gasteiger partial charge on any atom is 0.267 e. The summed E-state index contributed by atoms with van der Waals surface area (Å²) in [5.41, 5.74) is 7.43. The van der Waals surface area contributed by atoms with E-state index in [1.807, 2.05) is 38.1 Å². The lowest BCUT2D eigenvalue weighted by Crippen LogP contribution is -2.19. The van der Waals surface area contributed by atoms with Crippen molar-refractivity contribution in [2.75, 3.05) is 0 Å². The zero-order chi connectivity index (χ0) is 16.1. The zero-order valence-corrected chi connectivity index (χ0v) is 12.5. The zero-order valence-electron chi connectivity index (χ0n) is 12.5. The number of benzene rings is 1. The molecule has 2 amide bonds. The SMILES string of the molecule is CC(C)NC=O.NC(=O)c1cc2c(cn1)[nH]c1ccccc12. The molecule has 0 radical (unpaired) electrons. The molecule has 6 nitrogen and oxygen atoms in total. The molecule has 4 N–H and O–H groups in total. The van der Waals surface area contributed by atoms with E-state index in [0.29, 0.717) is 6.41 Å². The van der Waals surface area contributed by atoms with Gasteiger partial charge in [0.1, 0.15) is 5.69 Å². The van der Waals surface area contributed by atoms with Crippen LogP contribution in [0.5, 0.6) is 0 Å². The molecule has 0 spiro atoms. The molecule has 22 heavy (non-hydrogen) atoms. The number of nitrogens with one attached hydrogen (secondary N) is 2. The molecular weight excluding hydrogens is 280 g/mol. The number of para-hydroxylation sites is 1. The fraction of sp³-hybridized carbons (Fsp3) is 0.188. The largest absolute Gasteiger partial charge is 0.364 e. The monoisotopic (exact) mass is 298 g/mol. The van der Waals surface area contributed by atoms with Crippen LogP contribution in [0.1, 0.15) is 24.3 Å². The lowest BCUT2D eigenvalue weighted by atomic mass is 10.1. The van der Waals surface area contributed by atoms with Gasteiger partial charge in [0.05, 0.1) is 11.7 Å². The van der Waals surface area contributed by atoms with E-state index >= 15 is 0 Å². The van der Waals surface area contributed by atoms with Crippen molar-refractivity contribution in [3.8, 4) is 0 Å². The Morgan fingerprint density at radius 2 is 2.00 bits per heavy atom. The number of nitrogens with zero attached hydrogens (tertiary/aromatic N) is 1. The number of aromatic nitrogens is 2. The van der Waals surface area contributed by atoms with Gasteiger partial charge in [-0.1, -0.05) is 18.2 Å². The number of carbonyl (C=O) groups is 2. The van der Waals surface area contributed by atoms with Crippen LogP contribution < -0.4 is 11.1 Å². The van der Waals surface area contributed by atoms with E-state index in [1.165, 1.54) is 0 Å². The number of rotatable bonds is 3. The van der Waals surface area contributed by atoms with Crippen molar-refractivity contribution in [2.45, 2.75) is 19.9 Å². The highest BCUT2D eigenvalue weighted by Crippen LogP contribution is 2.24. The van der Waals surface area contributed by atoms with Crippen molar-refractivity contribution in [1.82, 2.24) is 15.3 Å². The minimum atomic E-state index is -0.507. The number of hydrogen-bond acceptors (Lipinski definition) is 3. The Kier molecular flexibility index (Phi) is 4.73. The average Bonchev–Trinajstić information content (AvgIpc) is 2.85. The Bertz CT molecular complexity index is 808. The standard InChI is InChI=1S/C12H9N3O.C4H9NO/c13-12(16)10-5-8-7-3-1-2-4-9(7)15-11(8)6-14-10;1-4(2)5-3-6/h1-6,15H,(H2,13,16);3-4H,1-2H3,(H,5,6). The van der Waals surface area contributed by atoms with Gasteiger partial charge in [-0.25, -0.2) is 4.98 Å². The highest BCUT2D eigenvalue weighted by molar-refractivity contribution is 6.08. The van der Waals surface area contributed by atoms with Crippen molar-refractivity contribution >= 4 is 34.1 Å². The van der Waals surface area contributed by atoms with Crippen LogP contribution in [0.2, 0.25) is 0 Å². The summed E-state index contributed by atoms with van der Waals surface area (Å²) in [5, 5.41) is 4.57. The molecule has 0 fully saturated rings. The quantitative estimate of drug-likeness (QED) is 0.644. The Hall–Kier alpha value is -2.89. The fourth-order valence-electron chi connectivity index (χ4n) is 2.02. The number of pyridine rings is 1. The van der Waals surface area contributed by atoms with Crippen LogP contribution >= 0.6 is 0 Å². The molecule has 0 bridgehead atoms. The second-order valence-electron chi connectivity index (χ2n) is 5.09. The summed E-state index contributed by atoms with van der Waals surface area (Å²) >= 11 is 0. The summed E-state index contributed by atoms with van der Waals surface area (Å²) in [6, 6.07) is 9.90. The summed E-state index contributed by atoms with van der Waals surface area (Å²) in [6.45, 7) is 3.82. The van der Waals surface area contributed by atoms with Gasteiger partial charge in [0.15, 0.2) is 0 Å². The third-order valence-corrected chi connectivity index (χ3v) is 3.04. The van der Waals surface area contributed by atoms with Crippen LogP contribution in [0.25, 0.3) is 21.8 Å². The molecule has 3 rings (SSSR count). The topological polar surface area (TPSA) is 101 Å². The predicted molar refractivity (Wildman–Crippen MR) is 86.5 cm³/mol. The van der Waals surface area contributed by atoms with Gasteiger partial charge in [0, 0.05) is 22.3 Å². The molecule has 0 aliphatic heterocycles. The lowest BCUT2D eigenvalue weighted by molar-refractivity contribution is -0.109. The molecule has 0 unspecified atom stereocenters. The molecule has 114 valence electrons. The third-order valence-electron chi connectivity index (χ3n) is 3.04. The molecule has 2 heterocycles. The average molecular weight is 298 g/mol. The van der Waals surface area contributed by atoms with E-state index < -0.39 is 5.91 Å². The minimum absolute atomic E-state index is 0.280. The van der Waals surface area contributed by atoms with Crippen LogP contribution in [0.3, 0.4) is 0 Å². The molecule has 0 aliphatic carbocycles. The van der Waals surface area contributed by atoms with Crippen LogP contribution in [-0.2, 0) is 4.79 Å². The van der Waals surface area contributed by atoms with Crippen molar-refractivity contribution in [3.63, 3.8) is 0 Å². The number of aromatic amines is 1. The maximum atomic E-state index is 11.1. The van der Waals surface area contributed by atoms with E-state index in [2.05, 4.69) is 15.3 Å². The van der Waals surface area contributed by atoms with E-state index in [-0.39, 0.29) is 11.7 Å². The van der Waals surface area contributed by atoms with E-state index in [4.69, 9.17) is 5.73 Å². The first-order valence-corrected chi connectivity index (χ1v) is 6.89. The normalized spacial score (nSPS) is 10.3. The molecule has 2 aromatic heterocycles. The fourth-order valence-corrected chi connectivity index (χ4v) is 2.02. The van der Waals surface area contributed by atoms with Gasteiger partial charge in [-0.2, -0.15) is 0 Å².